The molecule has 3 rings (SSSR count). The first kappa shape index (κ1) is 22.4. The summed E-state index contributed by atoms with van der Waals surface area (Å²) in [6.45, 7) is 3.09. The van der Waals surface area contributed by atoms with Crippen LogP contribution in [0, 0.1) is 0 Å². The lowest BCUT2D eigenvalue weighted by Gasteiger charge is -2.25. The lowest BCUT2D eigenvalue weighted by Crippen LogP contribution is -2.32. The first-order valence-corrected chi connectivity index (χ1v) is 10.2. The van der Waals surface area contributed by atoms with Crippen molar-refractivity contribution in [3.8, 4) is 11.5 Å². The smallest absolute Gasteiger partial charge is 0.295 e. The van der Waals surface area contributed by atoms with Gasteiger partial charge in [-0.3, -0.25) is 9.59 Å². The summed E-state index contributed by atoms with van der Waals surface area (Å²) in [5, 5.41) is 11.0. The summed E-state index contributed by atoms with van der Waals surface area (Å²) in [6, 6.07) is 13.2. The first-order valence-electron chi connectivity index (χ1n) is 10.2. The van der Waals surface area contributed by atoms with Gasteiger partial charge in [0.1, 0.15) is 17.3 Å². The summed E-state index contributed by atoms with van der Waals surface area (Å²) >= 11 is 0. The highest BCUT2D eigenvalue weighted by atomic mass is 16.5. The van der Waals surface area contributed by atoms with Crippen LogP contribution in [0.15, 0.2) is 54.1 Å². The van der Waals surface area contributed by atoms with Gasteiger partial charge in [-0.15, -0.1) is 0 Å². The van der Waals surface area contributed by atoms with E-state index in [0.717, 1.165) is 6.42 Å². The molecule has 0 spiro atoms. The maximum atomic E-state index is 12.9. The van der Waals surface area contributed by atoms with Gasteiger partial charge in [0.15, 0.2) is 0 Å². The van der Waals surface area contributed by atoms with Crippen molar-refractivity contribution in [3.05, 3.63) is 65.2 Å². The molecule has 7 nitrogen and oxygen atoms in total. The van der Waals surface area contributed by atoms with Crippen molar-refractivity contribution < 1.29 is 28.9 Å². The monoisotopic (exact) mass is 425 g/mol. The average Bonchev–Trinajstić information content (AvgIpc) is 3.06. The van der Waals surface area contributed by atoms with Crippen molar-refractivity contribution in [2.45, 2.75) is 19.4 Å². The molecule has 1 N–H and O–H groups in total. The number of methoxy groups -OCH3 is 2. The molecule has 0 bridgehead atoms. The van der Waals surface area contributed by atoms with E-state index in [0.29, 0.717) is 29.2 Å². The summed E-state index contributed by atoms with van der Waals surface area (Å²) in [4.78, 5) is 27.1. The van der Waals surface area contributed by atoms with Gasteiger partial charge >= 0.3 is 0 Å². The van der Waals surface area contributed by atoms with Gasteiger partial charge in [-0.25, -0.2) is 0 Å². The molecular weight excluding hydrogens is 398 g/mol. The number of aliphatic hydroxyl groups is 1. The minimum absolute atomic E-state index is 0.0495. The summed E-state index contributed by atoms with van der Waals surface area (Å²) < 4.78 is 15.9. The highest BCUT2D eigenvalue weighted by Gasteiger charge is 2.45. The van der Waals surface area contributed by atoms with Crippen LogP contribution in [0.25, 0.3) is 5.76 Å². The maximum Gasteiger partial charge on any atom is 0.295 e. The molecule has 2 aromatic rings. The van der Waals surface area contributed by atoms with Crippen LogP contribution in [0.3, 0.4) is 0 Å². The Morgan fingerprint density at radius 3 is 2.19 bits per heavy atom. The number of amides is 1. The molecule has 31 heavy (non-hydrogen) atoms. The number of hydrogen-bond acceptors (Lipinski definition) is 6. The summed E-state index contributed by atoms with van der Waals surface area (Å²) in [5.74, 6) is -0.282. The minimum atomic E-state index is -0.725. The molecule has 1 aliphatic rings. The molecule has 7 heteroatoms. The van der Waals surface area contributed by atoms with Gasteiger partial charge in [-0.05, 0) is 48.4 Å². The quantitative estimate of drug-likeness (QED) is 0.376. The van der Waals surface area contributed by atoms with Gasteiger partial charge in [-0.2, -0.15) is 0 Å². The highest BCUT2D eigenvalue weighted by molar-refractivity contribution is 6.46. The number of Topliss-reactive ketones (excluding diaryl/α,β-unsaturated/α-hetero) is 1. The largest absolute Gasteiger partial charge is 0.507 e. The standard InChI is InChI=1S/C24H27NO6/c1-4-14-31-19-11-7-17(8-12-19)22(26)20-21(16-5-9-18(30-3)10-6-16)25(13-15-29-2)24(28)23(20)27/h5-12,21,26H,4,13-15H2,1-3H3/b22-20-. The Hall–Kier alpha value is -3.32. The van der Waals surface area contributed by atoms with Crippen LogP contribution >= 0.6 is 0 Å². The SMILES string of the molecule is CCCOc1ccc(/C(O)=C2/C(=O)C(=O)N(CCOC)C2c2ccc(OC)cc2)cc1. The molecule has 1 unspecified atom stereocenters. The van der Waals surface area contributed by atoms with Crippen molar-refractivity contribution >= 4 is 17.4 Å². The molecule has 0 saturated carbocycles. The number of ether oxygens (including phenoxy) is 3. The van der Waals surface area contributed by atoms with Gasteiger partial charge in [-0.1, -0.05) is 19.1 Å². The zero-order valence-corrected chi connectivity index (χ0v) is 18.0. The molecule has 0 aromatic heterocycles. The van der Waals surface area contributed by atoms with Crippen LogP contribution in [0.1, 0.15) is 30.5 Å². The van der Waals surface area contributed by atoms with Crippen LogP contribution in [-0.4, -0.2) is 55.7 Å². The maximum absolute atomic E-state index is 12.9. The van der Waals surface area contributed by atoms with Crippen LogP contribution in [0.5, 0.6) is 11.5 Å². The van der Waals surface area contributed by atoms with E-state index < -0.39 is 17.7 Å². The molecule has 0 aliphatic carbocycles. The van der Waals surface area contributed by atoms with Gasteiger partial charge < -0.3 is 24.2 Å². The fourth-order valence-electron chi connectivity index (χ4n) is 3.52. The lowest BCUT2D eigenvalue weighted by molar-refractivity contribution is -0.140. The van der Waals surface area contributed by atoms with Gasteiger partial charge in [0.05, 0.1) is 31.9 Å². The van der Waals surface area contributed by atoms with Crippen LogP contribution in [-0.2, 0) is 14.3 Å². The molecule has 1 aliphatic heterocycles. The fraction of sp³-hybridized carbons (Fsp3) is 0.333. The normalized spacial score (nSPS) is 17.8. The van der Waals surface area contributed by atoms with E-state index in [1.54, 1.807) is 55.6 Å². The van der Waals surface area contributed by atoms with E-state index in [2.05, 4.69) is 0 Å². The van der Waals surface area contributed by atoms with E-state index in [9.17, 15) is 14.7 Å². The molecule has 1 fully saturated rings. The Bertz CT molecular complexity index is 949. The molecule has 2 aromatic carbocycles. The Morgan fingerprint density at radius 1 is 0.968 bits per heavy atom. The second-order valence-electron chi connectivity index (χ2n) is 7.13. The van der Waals surface area contributed by atoms with Crippen LogP contribution < -0.4 is 9.47 Å². The van der Waals surface area contributed by atoms with Crippen molar-refractivity contribution in [3.63, 3.8) is 0 Å². The zero-order chi connectivity index (χ0) is 22.4. The van der Waals surface area contributed by atoms with Crippen LogP contribution in [0.2, 0.25) is 0 Å². The number of carbonyl (C=O) groups is 2. The van der Waals surface area contributed by atoms with E-state index in [-0.39, 0.29) is 24.5 Å². The average molecular weight is 425 g/mol. The third-order valence-corrected chi connectivity index (χ3v) is 5.11. The molecule has 1 atom stereocenters. The molecule has 1 saturated heterocycles. The zero-order valence-electron chi connectivity index (χ0n) is 18.0. The summed E-state index contributed by atoms with van der Waals surface area (Å²) in [7, 11) is 3.09. The van der Waals surface area contributed by atoms with Gasteiger partial charge in [0.2, 0.25) is 0 Å². The Morgan fingerprint density at radius 2 is 1.61 bits per heavy atom. The number of aliphatic hydroxyl groups excluding tert-OH is 1. The minimum Gasteiger partial charge on any atom is -0.507 e. The summed E-state index contributed by atoms with van der Waals surface area (Å²) in [5.41, 5.74) is 1.18. The Labute approximate surface area is 181 Å². The topological polar surface area (TPSA) is 85.3 Å². The van der Waals surface area contributed by atoms with Crippen LogP contribution in [0.4, 0.5) is 0 Å². The van der Waals surface area contributed by atoms with Crippen molar-refractivity contribution in [1.29, 1.82) is 0 Å². The number of nitrogens with zero attached hydrogens (tertiary/aromatic N) is 1. The van der Waals surface area contributed by atoms with E-state index in [1.165, 1.54) is 12.0 Å². The fourth-order valence-corrected chi connectivity index (χ4v) is 3.52. The molecular formula is C24H27NO6. The molecule has 164 valence electrons. The second kappa shape index (κ2) is 10.1. The van der Waals surface area contributed by atoms with E-state index >= 15 is 0 Å². The predicted octanol–water partition coefficient (Wildman–Crippen LogP) is 3.55. The number of benzene rings is 2. The Balaban J connectivity index is 2.04. The first-order chi connectivity index (χ1) is 15.0. The molecule has 0 radical (unpaired) electrons. The van der Waals surface area contributed by atoms with Gasteiger partial charge in [0, 0.05) is 19.2 Å². The number of ketones is 1. The van der Waals surface area contributed by atoms with E-state index in [4.69, 9.17) is 14.2 Å². The molecule has 1 heterocycles. The molecule has 1 amide bonds. The summed E-state index contributed by atoms with van der Waals surface area (Å²) in [6.07, 6.45) is 0.883. The predicted molar refractivity (Wildman–Crippen MR) is 116 cm³/mol. The second-order valence-corrected chi connectivity index (χ2v) is 7.13. The highest BCUT2D eigenvalue weighted by Crippen LogP contribution is 2.39. The van der Waals surface area contributed by atoms with Crippen molar-refractivity contribution in [2.24, 2.45) is 0 Å². The number of carbonyl (C=O) groups excluding carboxylic acids is 2. The van der Waals surface area contributed by atoms with E-state index in [1.807, 2.05) is 6.92 Å². The number of rotatable bonds is 9. The number of likely N-dealkylation sites (tertiary alicyclic amines) is 1. The lowest BCUT2D eigenvalue weighted by atomic mass is 9.95. The van der Waals surface area contributed by atoms with Crippen molar-refractivity contribution in [1.82, 2.24) is 4.90 Å². The Kier molecular flexibility index (Phi) is 7.31. The van der Waals surface area contributed by atoms with Crippen molar-refractivity contribution in [2.75, 3.05) is 34.0 Å². The third-order valence-electron chi connectivity index (χ3n) is 5.11. The van der Waals surface area contributed by atoms with Gasteiger partial charge in [0.25, 0.3) is 11.7 Å². The third kappa shape index (κ3) is 4.72. The number of hydrogen-bond donors (Lipinski definition) is 1.